The number of likely N-dealkylation sites (tertiary alicyclic amines) is 1. The highest BCUT2D eigenvalue weighted by molar-refractivity contribution is 6.06. The molecule has 3 atom stereocenters. The molecule has 2 aliphatic heterocycles. The number of H-pyrrole nitrogens is 1. The second-order valence-electron chi connectivity index (χ2n) is 10.3. The summed E-state index contributed by atoms with van der Waals surface area (Å²) in [6.45, 7) is 5.89. The van der Waals surface area contributed by atoms with Crippen LogP contribution in [0.5, 0.6) is 0 Å². The summed E-state index contributed by atoms with van der Waals surface area (Å²) < 4.78 is 1.81. The van der Waals surface area contributed by atoms with Crippen LogP contribution in [0.25, 0.3) is 16.6 Å². The van der Waals surface area contributed by atoms with E-state index in [2.05, 4.69) is 20.1 Å². The van der Waals surface area contributed by atoms with Gasteiger partial charge in [-0.05, 0) is 50.8 Å². The predicted octanol–water partition coefficient (Wildman–Crippen LogP) is 3.09. The molecule has 0 radical (unpaired) electrons. The lowest BCUT2D eigenvalue weighted by atomic mass is 9.97. The van der Waals surface area contributed by atoms with E-state index < -0.39 is 6.10 Å². The fourth-order valence-electron chi connectivity index (χ4n) is 5.84. The number of anilines is 1. The Balaban J connectivity index is 1.33. The van der Waals surface area contributed by atoms with E-state index in [4.69, 9.17) is 10.1 Å². The van der Waals surface area contributed by atoms with Gasteiger partial charge in [-0.3, -0.25) is 9.89 Å². The number of aliphatic imine (C=N–C) groups is 1. The minimum absolute atomic E-state index is 0.000723. The smallest absolute Gasteiger partial charge is 0.256 e. The Bertz CT molecular complexity index is 1510. The molecular weight excluding hydrogens is 468 g/mol. The van der Waals surface area contributed by atoms with Gasteiger partial charge >= 0.3 is 0 Å². The Morgan fingerprint density at radius 2 is 2.08 bits per heavy atom. The molecule has 5 heterocycles. The van der Waals surface area contributed by atoms with Gasteiger partial charge in [-0.15, -0.1) is 0 Å². The average Bonchev–Trinajstić information content (AvgIpc) is 3.61. The summed E-state index contributed by atoms with van der Waals surface area (Å²) in [5, 5.41) is 23.4. The summed E-state index contributed by atoms with van der Waals surface area (Å²) in [5.41, 5.74) is 5.03. The monoisotopic (exact) mass is 500 g/mol. The molecule has 1 amide bonds. The first-order valence-electron chi connectivity index (χ1n) is 12.9. The van der Waals surface area contributed by atoms with Crippen LogP contribution in [0.3, 0.4) is 0 Å². The van der Waals surface area contributed by atoms with Gasteiger partial charge in [0.15, 0.2) is 5.65 Å². The number of amides is 1. The first-order chi connectivity index (χ1) is 17.9. The quantitative estimate of drug-likeness (QED) is 0.416. The summed E-state index contributed by atoms with van der Waals surface area (Å²) in [6, 6.07) is 5.85. The molecular formula is C27H32N8O2. The molecule has 1 aromatic carbocycles. The van der Waals surface area contributed by atoms with Crippen LogP contribution in [0.4, 0.5) is 5.82 Å². The highest BCUT2D eigenvalue weighted by Crippen LogP contribution is 2.34. The Kier molecular flexibility index (Phi) is 5.91. The number of aliphatic hydroxyl groups excluding tert-OH is 1. The van der Waals surface area contributed by atoms with E-state index in [0.717, 1.165) is 58.5 Å². The van der Waals surface area contributed by atoms with Crippen LogP contribution in [0.1, 0.15) is 52.5 Å². The van der Waals surface area contributed by atoms with Gasteiger partial charge < -0.3 is 19.9 Å². The predicted molar refractivity (Wildman–Crippen MR) is 142 cm³/mol. The molecule has 2 saturated heterocycles. The molecule has 2 aliphatic rings. The van der Waals surface area contributed by atoms with Crippen molar-refractivity contribution in [3.63, 3.8) is 0 Å². The summed E-state index contributed by atoms with van der Waals surface area (Å²) in [5.74, 6) is 0.842. The van der Waals surface area contributed by atoms with Crippen molar-refractivity contribution in [3.8, 4) is 0 Å². The van der Waals surface area contributed by atoms with Crippen LogP contribution in [-0.4, -0.2) is 79.7 Å². The number of carbonyl (C=O) groups is 1. The topological polar surface area (TPSA) is 115 Å². The number of hydrogen-bond donors (Lipinski definition) is 2. The molecule has 10 heteroatoms. The van der Waals surface area contributed by atoms with E-state index in [1.54, 1.807) is 13.2 Å². The van der Waals surface area contributed by atoms with Crippen LogP contribution >= 0.6 is 0 Å². The number of benzene rings is 1. The number of nitrogens with zero attached hydrogens (tertiary/aromatic N) is 7. The third-order valence-electron chi connectivity index (χ3n) is 7.63. The minimum atomic E-state index is -0.466. The highest BCUT2D eigenvalue weighted by atomic mass is 16.3. The third-order valence-corrected chi connectivity index (χ3v) is 7.63. The number of β-amino-alcohol motifs (C(OH)–C–C–N with tert-alkyl or cyclic N) is 1. The van der Waals surface area contributed by atoms with E-state index in [1.165, 1.54) is 0 Å². The number of aromatic nitrogens is 5. The molecule has 0 bridgehead atoms. The summed E-state index contributed by atoms with van der Waals surface area (Å²) in [6.07, 6.45) is 7.96. The Morgan fingerprint density at radius 1 is 1.22 bits per heavy atom. The molecule has 0 saturated carbocycles. The zero-order valence-electron chi connectivity index (χ0n) is 21.4. The molecule has 0 unspecified atom stereocenters. The number of hydrogen-bond acceptors (Lipinski definition) is 7. The first-order valence-corrected chi connectivity index (χ1v) is 12.9. The standard InChI is InChI=1S/C27H32N8O2/c1-16-8-18-12-29-31-25(18)20(9-16)27(37)34-7-5-4-6-22(34)21-10-24-30-26(17(2)13-35(24)32-21)33-14-19(11-28-3)23(36)15-33/h8-13,19,22-23,36H,4-7,14-15H2,1-3H3,(H,29,31)/t19-,22+,23+/m1/s1. The third kappa shape index (κ3) is 4.15. The van der Waals surface area contributed by atoms with Crippen molar-refractivity contribution in [2.45, 2.75) is 45.3 Å². The molecule has 192 valence electrons. The molecule has 6 rings (SSSR count). The van der Waals surface area contributed by atoms with Gasteiger partial charge in [0.1, 0.15) is 5.82 Å². The van der Waals surface area contributed by atoms with Gasteiger partial charge in [0, 0.05) is 62.0 Å². The number of fused-ring (bicyclic) bond motifs is 2. The molecule has 37 heavy (non-hydrogen) atoms. The zero-order chi connectivity index (χ0) is 25.7. The Labute approximate surface area is 215 Å². The van der Waals surface area contributed by atoms with E-state index >= 15 is 0 Å². The second-order valence-corrected chi connectivity index (χ2v) is 10.3. The van der Waals surface area contributed by atoms with Gasteiger partial charge in [-0.1, -0.05) is 0 Å². The summed E-state index contributed by atoms with van der Waals surface area (Å²) in [7, 11) is 1.73. The highest BCUT2D eigenvalue weighted by Gasteiger charge is 2.34. The van der Waals surface area contributed by atoms with Gasteiger partial charge in [0.05, 0.1) is 35.1 Å². The number of carbonyl (C=O) groups excluding carboxylic acids is 1. The maximum absolute atomic E-state index is 13.8. The Morgan fingerprint density at radius 3 is 2.92 bits per heavy atom. The van der Waals surface area contributed by atoms with E-state index in [0.29, 0.717) is 25.2 Å². The summed E-state index contributed by atoms with van der Waals surface area (Å²) in [4.78, 5) is 26.9. The van der Waals surface area contributed by atoms with Crippen LogP contribution in [0.2, 0.25) is 0 Å². The molecule has 0 spiro atoms. The fraction of sp³-hybridized carbons (Fsp3) is 0.444. The zero-order valence-corrected chi connectivity index (χ0v) is 21.4. The molecule has 4 aromatic rings. The SMILES string of the molecule is CN=C[C@@H]1CN(c2nc3cc([C@@H]4CCCCN4C(=O)c4cc(C)cc5cn[nH]c45)nn3cc2C)C[C@@H]1O. The lowest BCUT2D eigenvalue weighted by Crippen LogP contribution is -2.38. The number of rotatable bonds is 4. The normalized spacial score (nSPS) is 22.6. The first kappa shape index (κ1) is 23.6. The van der Waals surface area contributed by atoms with Gasteiger partial charge in [0.25, 0.3) is 5.91 Å². The average molecular weight is 501 g/mol. The van der Waals surface area contributed by atoms with Crippen LogP contribution < -0.4 is 4.90 Å². The Hall–Kier alpha value is -3.79. The molecule has 2 fully saturated rings. The van der Waals surface area contributed by atoms with Gasteiger partial charge in [-0.25, -0.2) is 9.50 Å². The number of aromatic amines is 1. The van der Waals surface area contributed by atoms with Crippen LogP contribution in [0, 0.1) is 19.8 Å². The number of aliphatic hydroxyl groups is 1. The van der Waals surface area contributed by atoms with Crippen molar-refractivity contribution >= 4 is 34.5 Å². The minimum Gasteiger partial charge on any atom is -0.391 e. The molecule has 2 N–H and O–H groups in total. The number of nitrogens with one attached hydrogen (secondary N) is 1. The van der Waals surface area contributed by atoms with Crippen LogP contribution in [-0.2, 0) is 0 Å². The van der Waals surface area contributed by atoms with Crippen LogP contribution in [0.15, 0.2) is 35.6 Å². The van der Waals surface area contributed by atoms with Crippen molar-refractivity contribution in [2.75, 3.05) is 31.6 Å². The van der Waals surface area contributed by atoms with Gasteiger partial charge in [-0.2, -0.15) is 10.2 Å². The van der Waals surface area contributed by atoms with Gasteiger partial charge in [0.2, 0.25) is 0 Å². The largest absolute Gasteiger partial charge is 0.391 e. The van der Waals surface area contributed by atoms with Crippen molar-refractivity contribution in [1.29, 1.82) is 0 Å². The number of aryl methyl sites for hydroxylation is 2. The molecule has 10 nitrogen and oxygen atoms in total. The van der Waals surface area contributed by atoms with Crippen molar-refractivity contribution in [2.24, 2.45) is 10.9 Å². The summed E-state index contributed by atoms with van der Waals surface area (Å²) >= 11 is 0. The lowest BCUT2D eigenvalue weighted by molar-refractivity contribution is 0.0607. The van der Waals surface area contributed by atoms with Crippen molar-refractivity contribution in [1.82, 2.24) is 29.7 Å². The van der Waals surface area contributed by atoms with E-state index in [9.17, 15) is 9.90 Å². The lowest BCUT2D eigenvalue weighted by Gasteiger charge is -2.35. The number of piperidine rings is 1. The second kappa shape index (κ2) is 9.26. The molecule has 0 aliphatic carbocycles. The van der Waals surface area contributed by atoms with Crippen molar-refractivity contribution in [3.05, 3.63) is 53.0 Å². The molecule has 3 aromatic heterocycles. The van der Waals surface area contributed by atoms with Crippen molar-refractivity contribution < 1.29 is 9.90 Å². The maximum Gasteiger partial charge on any atom is 0.256 e. The fourth-order valence-corrected chi connectivity index (χ4v) is 5.84. The van der Waals surface area contributed by atoms with E-state index in [-0.39, 0.29) is 17.9 Å². The maximum atomic E-state index is 13.8. The van der Waals surface area contributed by atoms with E-state index in [1.807, 2.05) is 53.9 Å².